The summed E-state index contributed by atoms with van der Waals surface area (Å²) in [6, 6.07) is 6.38. The minimum Gasteiger partial charge on any atom is -0.357 e. The molecule has 1 atom stereocenters. The molecule has 0 fully saturated rings. The van der Waals surface area contributed by atoms with E-state index >= 15 is 0 Å². The van der Waals surface area contributed by atoms with Crippen molar-refractivity contribution in [3.63, 3.8) is 0 Å². The second-order valence-electron chi connectivity index (χ2n) is 5.95. The van der Waals surface area contributed by atoms with E-state index in [9.17, 15) is 27.6 Å². The van der Waals surface area contributed by atoms with Gasteiger partial charge in [0.15, 0.2) is 11.6 Å². The van der Waals surface area contributed by atoms with Crippen LogP contribution in [0.2, 0.25) is 0 Å². The smallest absolute Gasteiger partial charge is 0.315 e. The lowest BCUT2D eigenvalue weighted by Gasteiger charge is -2.18. The van der Waals surface area contributed by atoms with Gasteiger partial charge in [0.25, 0.3) is 0 Å². The molecule has 0 radical (unpaired) electrons. The fourth-order valence-corrected chi connectivity index (χ4v) is 2.36. The van der Waals surface area contributed by atoms with Gasteiger partial charge in [-0.25, -0.2) is 18.0 Å². The van der Waals surface area contributed by atoms with Crippen LogP contribution in [0.15, 0.2) is 42.5 Å². The fraction of sp³-hybridized carbons (Fsp3) is 0.211. The van der Waals surface area contributed by atoms with Crippen molar-refractivity contribution < 1.29 is 27.6 Å². The highest BCUT2D eigenvalue weighted by atomic mass is 19.2. The van der Waals surface area contributed by atoms with Gasteiger partial charge in [-0.2, -0.15) is 0 Å². The largest absolute Gasteiger partial charge is 0.357 e. The number of carbonyl (C=O) groups is 3. The molecule has 0 aliphatic rings. The van der Waals surface area contributed by atoms with E-state index in [0.717, 1.165) is 12.1 Å². The quantitative estimate of drug-likeness (QED) is 0.559. The molecule has 0 saturated carbocycles. The molecule has 4 N–H and O–H groups in total. The third-order valence-electron chi connectivity index (χ3n) is 3.87. The molecule has 2 aromatic rings. The molecule has 0 heterocycles. The minimum absolute atomic E-state index is 0.0392. The van der Waals surface area contributed by atoms with Crippen molar-refractivity contribution >= 4 is 17.8 Å². The van der Waals surface area contributed by atoms with Gasteiger partial charge in [-0.1, -0.05) is 18.2 Å². The van der Waals surface area contributed by atoms with Crippen molar-refractivity contribution in [2.24, 2.45) is 0 Å². The summed E-state index contributed by atoms with van der Waals surface area (Å²) < 4.78 is 39.4. The second-order valence-corrected chi connectivity index (χ2v) is 5.95. The van der Waals surface area contributed by atoms with Gasteiger partial charge in [0.2, 0.25) is 11.8 Å². The van der Waals surface area contributed by atoms with Crippen LogP contribution in [-0.4, -0.2) is 31.4 Å². The van der Waals surface area contributed by atoms with Gasteiger partial charge in [-0.3, -0.25) is 9.59 Å². The normalized spacial score (nSPS) is 11.3. The molecule has 1 unspecified atom stereocenters. The summed E-state index contributed by atoms with van der Waals surface area (Å²) in [5, 5.41) is 9.44. The summed E-state index contributed by atoms with van der Waals surface area (Å²) in [6.45, 7) is -0.351. The first-order valence-electron chi connectivity index (χ1n) is 8.52. The van der Waals surface area contributed by atoms with Crippen LogP contribution in [0.5, 0.6) is 0 Å². The fourth-order valence-electron chi connectivity index (χ4n) is 2.36. The third kappa shape index (κ3) is 6.52. The maximum atomic E-state index is 13.4. The summed E-state index contributed by atoms with van der Waals surface area (Å²) in [5.74, 6) is -4.02. The van der Waals surface area contributed by atoms with Crippen LogP contribution in [0.1, 0.15) is 17.2 Å². The maximum Gasteiger partial charge on any atom is 0.315 e. The number of amides is 4. The molecule has 7 nitrogen and oxygen atoms in total. The number of hydrogen-bond acceptors (Lipinski definition) is 3. The van der Waals surface area contributed by atoms with Gasteiger partial charge in [0.1, 0.15) is 11.9 Å². The van der Waals surface area contributed by atoms with E-state index in [4.69, 9.17) is 0 Å². The number of halogens is 3. The van der Waals surface area contributed by atoms with Gasteiger partial charge >= 0.3 is 6.03 Å². The van der Waals surface area contributed by atoms with Crippen molar-refractivity contribution in [1.29, 1.82) is 0 Å². The molecule has 0 spiro atoms. The number of likely N-dealkylation sites (N-methyl/N-ethyl adjacent to an activating group) is 1. The second kappa shape index (κ2) is 10.1. The van der Waals surface area contributed by atoms with E-state index in [1.54, 1.807) is 0 Å². The molecule has 2 aromatic carbocycles. The Morgan fingerprint density at radius 3 is 2.24 bits per heavy atom. The van der Waals surface area contributed by atoms with E-state index in [1.165, 1.54) is 37.4 Å². The predicted octanol–water partition coefficient (Wildman–Crippen LogP) is 1.51. The molecule has 0 aliphatic carbocycles. The van der Waals surface area contributed by atoms with Crippen molar-refractivity contribution in [3.8, 4) is 0 Å². The van der Waals surface area contributed by atoms with E-state index in [0.29, 0.717) is 5.56 Å². The molecule has 29 heavy (non-hydrogen) atoms. The standard InChI is InChI=1S/C19H19F3N4O3/c1-23-18(28)17(12-4-7-14(21)15(22)8-12)26-16(27)10-25-19(29)24-9-11-2-5-13(20)6-3-11/h2-8,17H,9-10H2,1H3,(H,23,28)(H,26,27)(H2,24,25,29). The Balaban J connectivity index is 1.88. The number of hydrogen-bond donors (Lipinski definition) is 4. The monoisotopic (exact) mass is 408 g/mol. The zero-order chi connectivity index (χ0) is 21.4. The average molecular weight is 408 g/mol. The Kier molecular flexibility index (Phi) is 7.58. The molecule has 154 valence electrons. The number of nitrogens with one attached hydrogen (secondary N) is 4. The molecular formula is C19H19F3N4O3. The summed E-state index contributed by atoms with van der Waals surface area (Å²) >= 11 is 0. The Morgan fingerprint density at radius 1 is 0.931 bits per heavy atom. The lowest BCUT2D eigenvalue weighted by molar-refractivity contribution is -0.128. The highest BCUT2D eigenvalue weighted by Gasteiger charge is 2.23. The number of carbonyl (C=O) groups excluding carboxylic acids is 3. The minimum atomic E-state index is -1.27. The zero-order valence-corrected chi connectivity index (χ0v) is 15.4. The Bertz CT molecular complexity index is 891. The average Bonchev–Trinajstić information content (AvgIpc) is 2.71. The molecule has 0 bridgehead atoms. The lowest BCUT2D eigenvalue weighted by atomic mass is 10.1. The van der Waals surface area contributed by atoms with Crippen molar-refractivity contribution in [2.45, 2.75) is 12.6 Å². The Hall–Kier alpha value is -3.56. The topological polar surface area (TPSA) is 99.3 Å². The first-order chi connectivity index (χ1) is 13.8. The SMILES string of the molecule is CNC(=O)C(NC(=O)CNC(=O)NCc1ccc(F)cc1)c1ccc(F)c(F)c1. The van der Waals surface area contributed by atoms with Crippen molar-refractivity contribution in [2.75, 3.05) is 13.6 Å². The van der Waals surface area contributed by atoms with Crippen LogP contribution in [0.4, 0.5) is 18.0 Å². The van der Waals surface area contributed by atoms with E-state index < -0.39 is 47.9 Å². The van der Waals surface area contributed by atoms with Crippen LogP contribution in [0, 0.1) is 17.5 Å². The number of benzene rings is 2. The Labute approximate surface area is 164 Å². The summed E-state index contributed by atoms with van der Waals surface area (Å²) in [7, 11) is 1.32. The van der Waals surface area contributed by atoms with E-state index in [1.807, 2.05) is 0 Å². The van der Waals surface area contributed by atoms with Crippen LogP contribution in [-0.2, 0) is 16.1 Å². The maximum absolute atomic E-state index is 13.4. The lowest BCUT2D eigenvalue weighted by Crippen LogP contribution is -2.45. The van der Waals surface area contributed by atoms with Gasteiger partial charge in [-0.05, 0) is 35.4 Å². The highest BCUT2D eigenvalue weighted by molar-refractivity contribution is 5.90. The van der Waals surface area contributed by atoms with Crippen LogP contribution in [0.3, 0.4) is 0 Å². The summed E-state index contributed by atoms with van der Waals surface area (Å²) in [5.41, 5.74) is 0.696. The first-order valence-corrected chi connectivity index (χ1v) is 8.52. The summed E-state index contributed by atoms with van der Waals surface area (Å²) in [4.78, 5) is 35.8. The predicted molar refractivity (Wildman–Crippen MR) is 97.9 cm³/mol. The molecule has 2 rings (SSSR count). The zero-order valence-electron chi connectivity index (χ0n) is 15.4. The van der Waals surface area contributed by atoms with Crippen LogP contribution < -0.4 is 21.3 Å². The molecule has 10 heteroatoms. The number of urea groups is 1. The van der Waals surface area contributed by atoms with E-state index in [2.05, 4.69) is 21.3 Å². The molecule has 0 aromatic heterocycles. The van der Waals surface area contributed by atoms with E-state index in [-0.39, 0.29) is 12.1 Å². The Morgan fingerprint density at radius 2 is 1.62 bits per heavy atom. The van der Waals surface area contributed by atoms with Gasteiger partial charge in [0, 0.05) is 13.6 Å². The molecule has 0 saturated heterocycles. The highest BCUT2D eigenvalue weighted by Crippen LogP contribution is 2.16. The molecule has 4 amide bonds. The van der Waals surface area contributed by atoms with Gasteiger partial charge in [-0.15, -0.1) is 0 Å². The number of rotatable bonds is 7. The van der Waals surface area contributed by atoms with Crippen LogP contribution in [0.25, 0.3) is 0 Å². The summed E-state index contributed by atoms with van der Waals surface area (Å²) in [6.07, 6.45) is 0. The van der Waals surface area contributed by atoms with Crippen molar-refractivity contribution in [3.05, 3.63) is 71.0 Å². The first kappa shape index (κ1) is 21.7. The van der Waals surface area contributed by atoms with Crippen molar-refractivity contribution in [1.82, 2.24) is 21.3 Å². The van der Waals surface area contributed by atoms with Crippen LogP contribution >= 0.6 is 0 Å². The molecule has 0 aliphatic heterocycles. The molecular weight excluding hydrogens is 389 g/mol. The third-order valence-corrected chi connectivity index (χ3v) is 3.87. The van der Waals surface area contributed by atoms with Gasteiger partial charge in [0.05, 0.1) is 6.54 Å². The van der Waals surface area contributed by atoms with Gasteiger partial charge < -0.3 is 21.3 Å².